The van der Waals surface area contributed by atoms with Crippen LogP contribution in [0, 0.1) is 0 Å². The van der Waals surface area contributed by atoms with Crippen molar-refractivity contribution in [3.63, 3.8) is 0 Å². The van der Waals surface area contributed by atoms with E-state index in [4.69, 9.17) is 31.9 Å². The molecule has 0 unspecified atom stereocenters. The fraction of sp³-hybridized carbons (Fsp3) is 0.600. The molecular formula is C10H26CaN2O12+2. The second-order valence-corrected chi connectivity index (χ2v) is 3.75. The monoisotopic (exact) mass is 406 g/mol. The van der Waals surface area contributed by atoms with Crippen molar-refractivity contribution in [3.05, 3.63) is 0 Å². The Labute approximate surface area is 172 Å². The van der Waals surface area contributed by atoms with E-state index in [2.05, 4.69) is 0 Å². The molecule has 0 rings (SSSR count). The summed E-state index contributed by atoms with van der Waals surface area (Å²) in [5, 5.41) is 32.5. The number of carboxylic acids is 4. The van der Waals surface area contributed by atoms with Gasteiger partial charge in [-0.3, -0.25) is 19.2 Å². The van der Waals surface area contributed by atoms with Crippen LogP contribution >= 0.6 is 0 Å². The van der Waals surface area contributed by atoms with Crippen molar-refractivity contribution < 1.29 is 61.5 Å². The van der Waals surface area contributed by atoms with Gasteiger partial charge >= 0.3 is 61.6 Å². The molecule has 0 fully saturated rings. The minimum atomic E-state index is -1.17. The minimum absolute atomic E-state index is 0. The molecule has 148 valence electrons. The number of carboxylic acid groups (broad SMARTS) is 4. The number of rotatable bonds is 8. The first-order valence-electron chi connectivity index (χ1n) is 5.48. The van der Waals surface area contributed by atoms with Crippen LogP contribution < -0.4 is 11.5 Å². The van der Waals surface area contributed by atoms with Crippen molar-refractivity contribution in [3.8, 4) is 0 Å². The first-order chi connectivity index (χ1) is 9.07. The maximum Gasteiger partial charge on any atom is 2.00 e. The smallest absolute Gasteiger partial charge is 0.481 e. The van der Waals surface area contributed by atoms with Gasteiger partial charge in [-0.15, -0.1) is 0 Å². The Kier molecular flexibility index (Phi) is 44.1. The van der Waals surface area contributed by atoms with Crippen molar-refractivity contribution in [2.75, 3.05) is 0 Å². The third-order valence-corrected chi connectivity index (χ3v) is 1.97. The molecule has 0 aromatic carbocycles. The topological polar surface area (TPSA) is 327 Å². The maximum absolute atomic E-state index is 9.99. The van der Waals surface area contributed by atoms with Crippen molar-refractivity contribution >= 4 is 61.6 Å². The Morgan fingerprint density at radius 2 is 0.840 bits per heavy atom. The summed E-state index contributed by atoms with van der Waals surface area (Å²) in [5.41, 5.74) is 10.0. The molecule has 0 saturated heterocycles. The summed E-state index contributed by atoms with van der Waals surface area (Å²) in [6.45, 7) is 0. The van der Waals surface area contributed by atoms with Gasteiger partial charge in [0, 0.05) is 12.8 Å². The molecule has 14 nitrogen and oxygen atoms in total. The van der Waals surface area contributed by atoms with E-state index in [0.717, 1.165) is 0 Å². The van der Waals surface area contributed by atoms with E-state index in [0.29, 0.717) is 0 Å². The summed E-state index contributed by atoms with van der Waals surface area (Å²) in [7, 11) is 0. The molecule has 16 N–H and O–H groups in total. The van der Waals surface area contributed by atoms with Gasteiger partial charge in [0.25, 0.3) is 0 Å². The molecule has 0 aliphatic carbocycles. The van der Waals surface area contributed by atoms with Crippen LogP contribution in [0.15, 0.2) is 0 Å². The summed E-state index contributed by atoms with van der Waals surface area (Å²) in [5.74, 6) is -4.39. The number of carbonyl (C=O) groups is 4. The Morgan fingerprint density at radius 3 is 0.960 bits per heavy atom. The van der Waals surface area contributed by atoms with Crippen LogP contribution in [0.2, 0.25) is 0 Å². The van der Waals surface area contributed by atoms with Gasteiger partial charge in [0.2, 0.25) is 0 Å². The fourth-order valence-corrected chi connectivity index (χ4v) is 0.805. The quantitative estimate of drug-likeness (QED) is 0.208. The second-order valence-electron chi connectivity index (χ2n) is 3.75. The normalized spacial score (nSPS) is 10.0. The molecule has 0 aromatic heterocycles. The Hall–Kier alpha value is -1.10. The van der Waals surface area contributed by atoms with Crippen LogP contribution in [0.4, 0.5) is 0 Å². The molecule has 2 atom stereocenters. The molecule has 25 heavy (non-hydrogen) atoms. The van der Waals surface area contributed by atoms with Crippen LogP contribution in [0.5, 0.6) is 0 Å². The summed E-state index contributed by atoms with van der Waals surface area (Å²) in [6.07, 6.45) is -0.448. The number of aliphatic carboxylic acids is 4. The zero-order chi connectivity index (χ0) is 16.3. The molecule has 15 heteroatoms. The number of nitrogens with two attached hydrogens (primary N) is 2. The van der Waals surface area contributed by atoms with E-state index < -0.39 is 36.0 Å². The zero-order valence-corrected chi connectivity index (χ0v) is 15.5. The van der Waals surface area contributed by atoms with E-state index in [9.17, 15) is 19.2 Å². The second kappa shape index (κ2) is 25.1. The molecular weight excluding hydrogens is 380 g/mol. The van der Waals surface area contributed by atoms with Gasteiger partial charge in [0.05, 0.1) is 0 Å². The van der Waals surface area contributed by atoms with Gasteiger partial charge < -0.3 is 53.8 Å². The van der Waals surface area contributed by atoms with Gasteiger partial charge in [-0.1, -0.05) is 0 Å². The van der Waals surface area contributed by atoms with Crippen LogP contribution in [-0.4, -0.2) is 116 Å². The van der Waals surface area contributed by atoms with Crippen LogP contribution in [0.1, 0.15) is 25.7 Å². The third kappa shape index (κ3) is 35.0. The van der Waals surface area contributed by atoms with Crippen molar-refractivity contribution in [1.29, 1.82) is 0 Å². The molecule has 0 aromatic rings. The Morgan fingerprint density at radius 1 is 0.640 bits per heavy atom. The van der Waals surface area contributed by atoms with E-state index in [1.54, 1.807) is 0 Å². The van der Waals surface area contributed by atoms with Gasteiger partial charge in [-0.2, -0.15) is 0 Å². The largest absolute Gasteiger partial charge is 2.00 e. The van der Waals surface area contributed by atoms with E-state index >= 15 is 0 Å². The molecule has 0 saturated carbocycles. The average Bonchev–Trinajstić information content (AvgIpc) is 2.33. The van der Waals surface area contributed by atoms with Crippen LogP contribution in [-0.2, 0) is 19.2 Å². The molecule has 0 radical (unpaired) electrons. The summed E-state index contributed by atoms with van der Waals surface area (Å²) in [6, 6.07) is -2.12. The predicted molar refractivity (Wildman–Crippen MR) is 85.2 cm³/mol. The molecule has 0 amide bonds. The van der Waals surface area contributed by atoms with Gasteiger partial charge in [-0.25, -0.2) is 0 Å². The molecule has 0 spiro atoms. The SMILES string of the molecule is N[C@@H](CCC(=O)O)C(=O)O.N[C@@H](CCC(=O)O)C(=O)O.O.O.O.O.[Ca+2]. The average molecular weight is 406 g/mol. The van der Waals surface area contributed by atoms with Gasteiger partial charge in [0.1, 0.15) is 12.1 Å². The van der Waals surface area contributed by atoms with E-state index in [1.807, 2.05) is 0 Å². The molecule has 0 heterocycles. The summed E-state index contributed by atoms with van der Waals surface area (Å²) in [4.78, 5) is 39.7. The van der Waals surface area contributed by atoms with Gasteiger partial charge in [0.15, 0.2) is 0 Å². The summed E-state index contributed by atoms with van der Waals surface area (Å²) < 4.78 is 0. The first-order valence-corrected chi connectivity index (χ1v) is 5.48. The molecule has 0 aliphatic rings. The van der Waals surface area contributed by atoms with Crippen molar-refractivity contribution in [2.24, 2.45) is 11.5 Å². The van der Waals surface area contributed by atoms with Crippen molar-refractivity contribution in [1.82, 2.24) is 0 Å². The fourth-order valence-electron chi connectivity index (χ4n) is 0.805. The van der Waals surface area contributed by atoms with Gasteiger partial charge in [-0.05, 0) is 12.8 Å². The standard InChI is InChI=1S/2C5H9NO4.Ca.4H2O/c2*6-3(5(9)10)1-2-4(7)8;;;;;/h2*3H,1-2,6H2,(H,7,8)(H,9,10);;4*1H2/q;;+2;;;;/t2*3-;;;;;/m00...../s1. The van der Waals surface area contributed by atoms with Crippen LogP contribution in [0.25, 0.3) is 0 Å². The number of hydrogen-bond acceptors (Lipinski definition) is 6. The van der Waals surface area contributed by atoms with E-state index in [1.165, 1.54) is 0 Å². The zero-order valence-electron chi connectivity index (χ0n) is 13.3. The molecule has 0 bridgehead atoms. The van der Waals surface area contributed by atoms with Crippen LogP contribution in [0.3, 0.4) is 0 Å². The third-order valence-electron chi connectivity index (χ3n) is 1.97. The first kappa shape index (κ1) is 43.9. The molecule has 0 aliphatic heterocycles. The minimum Gasteiger partial charge on any atom is -0.481 e. The number of hydrogen-bond donors (Lipinski definition) is 6. The Balaban J connectivity index is -0.0000000432. The predicted octanol–water partition coefficient (Wildman–Crippen LogP) is -5.15. The van der Waals surface area contributed by atoms with E-state index in [-0.39, 0.29) is 85.3 Å². The Bertz CT molecular complexity index is 334. The summed E-state index contributed by atoms with van der Waals surface area (Å²) >= 11 is 0. The maximum atomic E-state index is 9.99. The van der Waals surface area contributed by atoms with Crippen molar-refractivity contribution in [2.45, 2.75) is 37.8 Å².